The van der Waals surface area contributed by atoms with E-state index in [9.17, 15) is 9.59 Å². The number of benzene rings is 1. The summed E-state index contributed by atoms with van der Waals surface area (Å²) in [5.41, 5.74) is 1.08. The molecule has 1 aromatic rings. The Morgan fingerprint density at radius 3 is 2.72 bits per heavy atom. The topological polar surface area (TPSA) is 79.9 Å². The molecule has 1 fully saturated rings. The van der Waals surface area contributed by atoms with E-state index in [-0.39, 0.29) is 35.8 Å². The minimum absolute atomic E-state index is 0.0252. The molecule has 0 spiro atoms. The van der Waals surface area contributed by atoms with Gasteiger partial charge < -0.3 is 25.0 Å². The van der Waals surface area contributed by atoms with Crippen molar-refractivity contribution in [2.75, 3.05) is 39.2 Å². The van der Waals surface area contributed by atoms with Crippen LogP contribution in [-0.4, -0.2) is 62.7 Å². The number of amides is 2. The van der Waals surface area contributed by atoms with Crippen LogP contribution in [0.3, 0.4) is 0 Å². The lowest BCUT2D eigenvalue weighted by molar-refractivity contribution is -0.122. The lowest BCUT2D eigenvalue weighted by Crippen LogP contribution is -2.44. The summed E-state index contributed by atoms with van der Waals surface area (Å²) in [7, 11) is 3.45. The lowest BCUT2D eigenvalue weighted by atomic mass is 9.85. The smallest absolute Gasteiger partial charge is 0.257 e. The van der Waals surface area contributed by atoms with Gasteiger partial charge in [0.2, 0.25) is 5.91 Å². The zero-order chi connectivity index (χ0) is 21.0. The van der Waals surface area contributed by atoms with E-state index >= 15 is 0 Å². The molecule has 2 aliphatic rings. The molecule has 0 aromatic heterocycles. The number of hydrogen-bond acceptors (Lipinski definition) is 5. The number of methoxy groups -OCH3 is 1. The first-order valence-corrected chi connectivity index (χ1v) is 10.5. The van der Waals surface area contributed by atoms with Gasteiger partial charge in [0.25, 0.3) is 5.91 Å². The molecule has 7 heteroatoms. The standard InChI is InChI=1S/C22H33N3O4/c1-14-11-23-15(2)13-29-19-9-8-17(24-21(26)16-6-5-7-16)10-18(19)22(27)25(3)12-20(14)28-4/h8-10,14-16,20,23H,5-7,11-13H2,1-4H3,(H,24,26)/t14-,15+,20-/m1/s1. The van der Waals surface area contributed by atoms with Crippen molar-refractivity contribution in [3.63, 3.8) is 0 Å². The summed E-state index contributed by atoms with van der Waals surface area (Å²) in [5.74, 6) is 0.734. The second-order valence-electron chi connectivity index (χ2n) is 8.39. The van der Waals surface area contributed by atoms with Crippen LogP contribution in [0, 0.1) is 11.8 Å². The SMILES string of the molecule is CO[C@@H]1CN(C)C(=O)c2cc(NC(=O)C3CCC3)ccc2OC[C@H](C)NC[C@H]1C. The Morgan fingerprint density at radius 1 is 1.31 bits per heavy atom. The third-order valence-corrected chi connectivity index (χ3v) is 5.97. The Kier molecular flexibility index (Phi) is 7.14. The van der Waals surface area contributed by atoms with Crippen LogP contribution in [0.4, 0.5) is 5.69 Å². The number of nitrogens with one attached hydrogen (secondary N) is 2. The summed E-state index contributed by atoms with van der Waals surface area (Å²) >= 11 is 0. The number of likely N-dealkylation sites (N-methyl/N-ethyl adjacent to an activating group) is 1. The molecule has 0 unspecified atom stereocenters. The van der Waals surface area contributed by atoms with Crippen molar-refractivity contribution in [2.45, 2.75) is 45.3 Å². The second kappa shape index (κ2) is 9.59. The predicted octanol–water partition coefficient (Wildman–Crippen LogP) is 2.52. The Morgan fingerprint density at radius 2 is 2.07 bits per heavy atom. The summed E-state index contributed by atoms with van der Waals surface area (Å²) in [6.07, 6.45) is 2.89. The van der Waals surface area contributed by atoms with E-state index in [4.69, 9.17) is 9.47 Å². The molecule has 2 amide bonds. The summed E-state index contributed by atoms with van der Waals surface area (Å²) < 4.78 is 11.6. The summed E-state index contributed by atoms with van der Waals surface area (Å²) in [5, 5.41) is 6.42. The number of carbonyl (C=O) groups excluding carboxylic acids is 2. The van der Waals surface area contributed by atoms with Crippen molar-refractivity contribution in [3.05, 3.63) is 23.8 Å². The summed E-state index contributed by atoms with van der Waals surface area (Å²) in [6.45, 7) is 5.87. The zero-order valence-corrected chi connectivity index (χ0v) is 17.9. The van der Waals surface area contributed by atoms with Gasteiger partial charge in [0.05, 0.1) is 11.7 Å². The molecule has 2 N–H and O–H groups in total. The van der Waals surface area contributed by atoms with Crippen LogP contribution in [0.25, 0.3) is 0 Å². The molecule has 1 aliphatic heterocycles. The monoisotopic (exact) mass is 403 g/mol. The highest BCUT2D eigenvalue weighted by molar-refractivity contribution is 5.99. The maximum absolute atomic E-state index is 13.2. The van der Waals surface area contributed by atoms with Crippen molar-refractivity contribution >= 4 is 17.5 Å². The Bertz CT molecular complexity index is 735. The van der Waals surface area contributed by atoms with Crippen molar-refractivity contribution < 1.29 is 19.1 Å². The number of hydrogen-bond donors (Lipinski definition) is 2. The van der Waals surface area contributed by atoms with Gasteiger partial charge in [0, 0.05) is 44.9 Å². The molecule has 1 aliphatic carbocycles. The summed E-state index contributed by atoms with van der Waals surface area (Å²) in [4.78, 5) is 27.2. The van der Waals surface area contributed by atoms with Gasteiger partial charge in [-0.1, -0.05) is 13.3 Å². The third-order valence-electron chi connectivity index (χ3n) is 5.97. The zero-order valence-electron chi connectivity index (χ0n) is 17.9. The molecular formula is C22H33N3O4. The molecule has 0 bridgehead atoms. The van der Waals surface area contributed by atoms with Crippen LogP contribution in [0.5, 0.6) is 5.75 Å². The van der Waals surface area contributed by atoms with Gasteiger partial charge in [-0.05, 0) is 43.9 Å². The minimum atomic E-state index is -0.143. The van der Waals surface area contributed by atoms with E-state index < -0.39 is 0 Å². The van der Waals surface area contributed by atoms with Gasteiger partial charge in [0.15, 0.2) is 0 Å². The maximum Gasteiger partial charge on any atom is 0.257 e. The summed E-state index contributed by atoms with van der Waals surface area (Å²) in [6, 6.07) is 5.42. The number of fused-ring (bicyclic) bond motifs is 1. The van der Waals surface area contributed by atoms with Crippen molar-refractivity contribution in [3.8, 4) is 5.75 Å². The number of rotatable bonds is 3. The highest BCUT2D eigenvalue weighted by Gasteiger charge is 2.27. The molecule has 29 heavy (non-hydrogen) atoms. The lowest BCUT2D eigenvalue weighted by Gasteiger charge is -2.30. The van der Waals surface area contributed by atoms with Gasteiger partial charge >= 0.3 is 0 Å². The fourth-order valence-electron chi connectivity index (χ4n) is 3.65. The van der Waals surface area contributed by atoms with Crippen LogP contribution in [-0.2, 0) is 9.53 Å². The molecule has 160 valence electrons. The minimum Gasteiger partial charge on any atom is -0.491 e. The largest absolute Gasteiger partial charge is 0.491 e. The molecule has 1 heterocycles. The van der Waals surface area contributed by atoms with E-state index in [1.54, 1.807) is 37.3 Å². The fourth-order valence-corrected chi connectivity index (χ4v) is 3.65. The fraction of sp³-hybridized carbons (Fsp3) is 0.636. The van der Waals surface area contributed by atoms with E-state index in [0.29, 0.717) is 30.2 Å². The first-order valence-electron chi connectivity index (χ1n) is 10.5. The first-order chi connectivity index (χ1) is 13.9. The van der Waals surface area contributed by atoms with E-state index in [0.717, 1.165) is 25.8 Å². The van der Waals surface area contributed by atoms with Crippen molar-refractivity contribution in [1.29, 1.82) is 0 Å². The molecule has 3 rings (SSSR count). The average Bonchev–Trinajstić information content (AvgIpc) is 2.66. The Labute approximate surface area is 173 Å². The molecule has 0 radical (unpaired) electrons. The average molecular weight is 404 g/mol. The van der Waals surface area contributed by atoms with E-state index in [1.807, 2.05) is 0 Å². The van der Waals surface area contributed by atoms with Gasteiger partial charge in [-0.2, -0.15) is 0 Å². The van der Waals surface area contributed by atoms with E-state index in [2.05, 4.69) is 24.5 Å². The van der Waals surface area contributed by atoms with Crippen LogP contribution in [0.15, 0.2) is 18.2 Å². The van der Waals surface area contributed by atoms with Crippen LogP contribution < -0.4 is 15.4 Å². The van der Waals surface area contributed by atoms with Gasteiger partial charge in [-0.25, -0.2) is 0 Å². The van der Waals surface area contributed by atoms with Gasteiger partial charge in [-0.15, -0.1) is 0 Å². The number of anilines is 1. The molecule has 3 atom stereocenters. The van der Waals surface area contributed by atoms with Gasteiger partial charge in [-0.3, -0.25) is 9.59 Å². The third kappa shape index (κ3) is 5.28. The van der Waals surface area contributed by atoms with Crippen molar-refractivity contribution in [1.82, 2.24) is 10.2 Å². The number of nitrogens with zero attached hydrogens (tertiary/aromatic N) is 1. The maximum atomic E-state index is 13.2. The molecule has 7 nitrogen and oxygen atoms in total. The molecule has 1 saturated carbocycles. The molecule has 0 saturated heterocycles. The predicted molar refractivity (Wildman–Crippen MR) is 112 cm³/mol. The first kappa shape index (κ1) is 21.6. The highest BCUT2D eigenvalue weighted by Crippen LogP contribution is 2.29. The Hall–Kier alpha value is -2.12. The highest BCUT2D eigenvalue weighted by atomic mass is 16.5. The van der Waals surface area contributed by atoms with Crippen molar-refractivity contribution in [2.24, 2.45) is 11.8 Å². The van der Waals surface area contributed by atoms with Crippen LogP contribution >= 0.6 is 0 Å². The van der Waals surface area contributed by atoms with Crippen LogP contribution in [0.1, 0.15) is 43.5 Å². The quantitative estimate of drug-likeness (QED) is 0.811. The number of carbonyl (C=O) groups is 2. The normalized spacial score (nSPS) is 26.4. The van der Waals surface area contributed by atoms with E-state index in [1.165, 1.54) is 0 Å². The number of ether oxygens (including phenoxy) is 2. The Balaban J connectivity index is 1.85. The molecular weight excluding hydrogens is 370 g/mol. The second-order valence-corrected chi connectivity index (χ2v) is 8.39. The molecule has 1 aromatic carbocycles. The van der Waals surface area contributed by atoms with Crippen LogP contribution in [0.2, 0.25) is 0 Å². The van der Waals surface area contributed by atoms with Gasteiger partial charge in [0.1, 0.15) is 12.4 Å².